The monoisotopic (exact) mass is 223 g/mol. The molecular formula is C13H9N3O. The van der Waals surface area contributed by atoms with Crippen molar-refractivity contribution in [2.45, 2.75) is 0 Å². The van der Waals surface area contributed by atoms with Crippen molar-refractivity contribution in [3.8, 4) is 11.1 Å². The number of nitrogens with zero attached hydrogens (tertiary/aromatic N) is 3. The van der Waals surface area contributed by atoms with Crippen molar-refractivity contribution in [1.82, 2.24) is 14.6 Å². The summed E-state index contributed by atoms with van der Waals surface area (Å²) in [6, 6.07) is 11.5. The molecule has 0 atom stereocenters. The van der Waals surface area contributed by atoms with E-state index >= 15 is 0 Å². The molecule has 0 aliphatic heterocycles. The van der Waals surface area contributed by atoms with Gasteiger partial charge in [-0.1, -0.05) is 30.3 Å². The molecule has 0 spiro atoms. The third kappa shape index (κ3) is 1.50. The highest BCUT2D eigenvalue weighted by atomic mass is 16.1. The molecule has 0 aliphatic carbocycles. The Morgan fingerprint density at radius 1 is 1.12 bits per heavy atom. The summed E-state index contributed by atoms with van der Waals surface area (Å²) in [5.74, 6) is 0. The summed E-state index contributed by atoms with van der Waals surface area (Å²) in [7, 11) is 0. The lowest BCUT2D eigenvalue weighted by Crippen LogP contribution is -1.87. The van der Waals surface area contributed by atoms with E-state index in [9.17, 15) is 4.79 Å². The van der Waals surface area contributed by atoms with E-state index in [4.69, 9.17) is 0 Å². The number of carbonyl (C=O) groups is 1. The highest BCUT2D eigenvalue weighted by Gasteiger charge is 2.14. The molecule has 4 nitrogen and oxygen atoms in total. The fraction of sp³-hybridized carbons (Fsp3) is 0. The Bertz CT molecular complexity index is 673. The zero-order valence-corrected chi connectivity index (χ0v) is 8.95. The third-order valence-corrected chi connectivity index (χ3v) is 2.60. The second-order valence-electron chi connectivity index (χ2n) is 3.63. The molecule has 0 radical (unpaired) electrons. The molecule has 0 fully saturated rings. The lowest BCUT2D eigenvalue weighted by atomic mass is 10.1. The second-order valence-corrected chi connectivity index (χ2v) is 3.63. The van der Waals surface area contributed by atoms with E-state index < -0.39 is 0 Å². The van der Waals surface area contributed by atoms with Crippen LogP contribution in [0.3, 0.4) is 0 Å². The first kappa shape index (κ1) is 9.72. The Balaban J connectivity index is 2.38. The van der Waals surface area contributed by atoms with E-state index in [2.05, 4.69) is 10.1 Å². The summed E-state index contributed by atoms with van der Waals surface area (Å²) >= 11 is 0. The summed E-state index contributed by atoms with van der Waals surface area (Å²) in [6.45, 7) is 0. The van der Waals surface area contributed by atoms with Crippen LogP contribution in [0.5, 0.6) is 0 Å². The molecule has 3 aromatic rings. The fourth-order valence-corrected chi connectivity index (χ4v) is 1.87. The van der Waals surface area contributed by atoms with Crippen LogP contribution in [0.2, 0.25) is 0 Å². The maximum Gasteiger partial charge on any atom is 0.171 e. The molecule has 82 valence electrons. The molecule has 3 rings (SSSR count). The van der Waals surface area contributed by atoms with Crippen LogP contribution < -0.4 is 0 Å². The number of aromatic nitrogens is 3. The van der Waals surface area contributed by atoms with E-state index in [0.717, 1.165) is 17.4 Å². The molecule has 1 aromatic carbocycles. The first-order valence-corrected chi connectivity index (χ1v) is 5.24. The lowest BCUT2D eigenvalue weighted by Gasteiger charge is -1.98. The number of fused-ring (bicyclic) bond motifs is 1. The van der Waals surface area contributed by atoms with Gasteiger partial charge in [0.2, 0.25) is 0 Å². The minimum Gasteiger partial charge on any atom is -0.296 e. The molecule has 17 heavy (non-hydrogen) atoms. The summed E-state index contributed by atoms with van der Waals surface area (Å²) in [5.41, 5.74) is 2.83. The van der Waals surface area contributed by atoms with Crippen molar-refractivity contribution >= 4 is 11.9 Å². The smallest absolute Gasteiger partial charge is 0.171 e. The normalized spacial score (nSPS) is 10.6. The molecule has 0 amide bonds. The standard InChI is InChI=1S/C13H9N3O/c17-9-11-12(10-5-2-1-3-6-10)13-14-7-4-8-16(13)15-11/h1-9H. The van der Waals surface area contributed by atoms with Gasteiger partial charge >= 0.3 is 0 Å². The molecular weight excluding hydrogens is 214 g/mol. The van der Waals surface area contributed by atoms with Gasteiger partial charge in [0.1, 0.15) is 5.69 Å². The first-order chi connectivity index (χ1) is 8.40. The summed E-state index contributed by atoms with van der Waals surface area (Å²) in [6.07, 6.45) is 4.23. The van der Waals surface area contributed by atoms with Gasteiger partial charge in [0.05, 0.1) is 5.56 Å². The topological polar surface area (TPSA) is 47.3 Å². The predicted octanol–water partition coefficient (Wildman–Crippen LogP) is 2.21. The van der Waals surface area contributed by atoms with Gasteiger partial charge in [0.25, 0.3) is 0 Å². The quantitative estimate of drug-likeness (QED) is 0.626. The van der Waals surface area contributed by atoms with Crippen LogP contribution in [0.1, 0.15) is 10.5 Å². The zero-order valence-electron chi connectivity index (χ0n) is 8.95. The van der Waals surface area contributed by atoms with Gasteiger partial charge in [-0.3, -0.25) is 4.79 Å². The summed E-state index contributed by atoms with van der Waals surface area (Å²) < 4.78 is 1.62. The largest absolute Gasteiger partial charge is 0.296 e. The third-order valence-electron chi connectivity index (χ3n) is 2.60. The minimum absolute atomic E-state index is 0.412. The van der Waals surface area contributed by atoms with Crippen molar-refractivity contribution in [2.24, 2.45) is 0 Å². The highest BCUT2D eigenvalue weighted by Crippen LogP contribution is 2.25. The van der Waals surface area contributed by atoms with Crippen LogP contribution in [-0.2, 0) is 0 Å². The number of hydrogen-bond donors (Lipinski definition) is 0. The molecule has 2 aromatic heterocycles. The first-order valence-electron chi connectivity index (χ1n) is 5.24. The molecule has 0 N–H and O–H groups in total. The number of benzene rings is 1. The van der Waals surface area contributed by atoms with Gasteiger partial charge in [0, 0.05) is 12.4 Å². The number of aldehydes is 1. The Kier molecular flexibility index (Phi) is 2.19. The van der Waals surface area contributed by atoms with E-state index in [1.807, 2.05) is 30.3 Å². The predicted molar refractivity (Wildman–Crippen MR) is 63.8 cm³/mol. The van der Waals surface area contributed by atoms with E-state index in [1.165, 1.54) is 0 Å². The Morgan fingerprint density at radius 2 is 1.94 bits per heavy atom. The Morgan fingerprint density at radius 3 is 2.71 bits per heavy atom. The molecule has 0 aliphatic rings. The number of hydrogen-bond acceptors (Lipinski definition) is 3. The average molecular weight is 223 g/mol. The van der Waals surface area contributed by atoms with Crippen molar-refractivity contribution in [2.75, 3.05) is 0 Å². The number of carbonyl (C=O) groups excluding carboxylic acids is 1. The van der Waals surface area contributed by atoms with Gasteiger partial charge in [-0.25, -0.2) is 9.50 Å². The van der Waals surface area contributed by atoms with Crippen LogP contribution in [-0.4, -0.2) is 20.9 Å². The van der Waals surface area contributed by atoms with Gasteiger partial charge in [-0.05, 0) is 11.6 Å². The van der Waals surface area contributed by atoms with Crippen LogP contribution in [0.4, 0.5) is 0 Å². The molecule has 2 heterocycles. The maximum atomic E-state index is 11.1. The van der Waals surface area contributed by atoms with Gasteiger partial charge < -0.3 is 0 Å². The van der Waals surface area contributed by atoms with Gasteiger partial charge in [-0.15, -0.1) is 0 Å². The molecule has 4 heteroatoms. The molecule has 0 unspecified atom stereocenters. The van der Waals surface area contributed by atoms with E-state index in [0.29, 0.717) is 11.3 Å². The highest BCUT2D eigenvalue weighted by molar-refractivity contribution is 5.92. The average Bonchev–Trinajstić information content (AvgIpc) is 2.78. The van der Waals surface area contributed by atoms with Crippen molar-refractivity contribution < 1.29 is 4.79 Å². The fourth-order valence-electron chi connectivity index (χ4n) is 1.87. The van der Waals surface area contributed by atoms with E-state index in [-0.39, 0.29) is 0 Å². The molecule has 0 saturated carbocycles. The van der Waals surface area contributed by atoms with E-state index in [1.54, 1.807) is 23.0 Å². The van der Waals surface area contributed by atoms with Crippen LogP contribution in [0.15, 0.2) is 48.8 Å². The van der Waals surface area contributed by atoms with Gasteiger partial charge in [0.15, 0.2) is 11.9 Å². The Hall–Kier alpha value is -2.49. The van der Waals surface area contributed by atoms with Crippen molar-refractivity contribution in [1.29, 1.82) is 0 Å². The van der Waals surface area contributed by atoms with Gasteiger partial charge in [-0.2, -0.15) is 5.10 Å². The van der Waals surface area contributed by atoms with Crippen LogP contribution in [0.25, 0.3) is 16.8 Å². The summed E-state index contributed by atoms with van der Waals surface area (Å²) in [5, 5.41) is 4.19. The lowest BCUT2D eigenvalue weighted by molar-refractivity contribution is 0.111. The van der Waals surface area contributed by atoms with Crippen molar-refractivity contribution in [3.63, 3.8) is 0 Å². The Labute approximate surface area is 97.5 Å². The van der Waals surface area contributed by atoms with Crippen molar-refractivity contribution in [3.05, 3.63) is 54.5 Å². The zero-order chi connectivity index (χ0) is 11.7. The maximum absolute atomic E-state index is 11.1. The minimum atomic E-state index is 0.412. The summed E-state index contributed by atoms with van der Waals surface area (Å²) in [4.78, 5) is 15.3. The SMILES string of the molecule is O=Cc1nn2cccnc2c1-c1ccccc1. The van der Waals surface area contributed by atoms with Crippen LogP contribution in [0, 0.1) is 0 Å². The second kappa shape index (κ2) is 3.83. The van der Waals surface area contributed by atoms with Crippen LogP contribution >= 0.6 is 0 Å². The molecule has 0 bridgehead atoms. The number of rotatable bonds is 2. The molecule has 0 saturated heterocycles.